The molecule has 2 aromatic heterocycles. The molecule has 0 bridgehead atoms. The summed E-state index contributed by atoms with van der Waals surface area (Å²) in [4.78, 5) is 53.8. The maximum absolute atomic E-state index is 14.8. The van der Waals surface area contributed by atoms with Crippen molar-refractivity contribution in [2.75, 3.05) is 0 Å². The van der Waals surface area contributed by atoms with Gasteiger partial charge >= 0.3 is 12.1 Å². The van der Waals surface area contributed by atoms with E-state index in [4.69, 9.17) is 15.2 Å². The molecule has 4 aromatic rings. The van der Waals surface area contributed by atoms with Gasteiger partial charge in [0.25, 0.3) is 11.2 Å². The van der Waals surface area contributed by atoms with Crippen LogP contribution >= 0.6 is 0 Å². The first-order chi connectivity index (χ1) is 19.9. The number of halogens is 1. The molecule has 2 atom stereocenters. The van der Waals surface area contributed by atoms with Crippen molar-refractivity contribution in [1.82, 2.24) is 9.55 Å². The van der Waals surface area contributed by atoms with Gasteiger partial charge in [-0.15, -0.1) is 0 Å². The zero-order chi connectivity index (χ0) is 30.1. The van der Waals surface area contributed by atoms with Crippen molar-refractivity contribution in [1.29, 1.82) is 0 Å². The number of rotatable bonds is 5. The Balaban J connectivity index is 1.67. The van der Waals surface area contributed by atoms with Crippen molar-refractivity contribution in [3.8, 4) is 11.4 Å². The Morgan fingerprint density at radius 2 is 1.98 bits per heavy atom. The second-order valence-corrected chi connectivity index (χ2v) is 10.2. The Hall–Kier alpha value is -5.17. The standard InChI is InChI=1S/C29H23FN4O8/c1-3-29(38)19-9-22-24-17(11-33(22)26(35)18(19)12-41-27(29)36)23(16-8-13(2)20(30)10-21(16)32-24)25(42-28(31)37)14-4-6-15(7-5-14)34(39)40/h4-10,25,38H,3,11-12H2,1-2H3,(H2,31,37)/t25-,29?/m0/s1. The number of nitrogens with two attached hydrogens (primary N) is 1. The third-order valence-electron chi connectivity index (χ3n) is 7.91. The molecule has 42 heavy (non-hydrogen) atoms. The van der Waals surface area contributed by atoms with E-state index in [2.05, 4.69) is 4.98 Å². The summed E-state index contributed by atoms with van der Waals surface area (Å²) in [6, 6.07) is 9.58. The molecule has 0 spiro atoms. The van der Waals surface area contributed by atoms with Gasteiger partial charge in [-0.05, 0) is 48.7 Å². The number of nitro groups is 1. The summed E-state index contributed by atoms with van der Waals surface area (Å²) >= 11 is 0. The van der Waals surface area contributed by atoms with Gasteiger partial charge in [-0.25, -0.2) is 19.0 Å². The first-order valence-electron chi connectivity index (χ1n) is 12.9. The number of aliphatic hydroxyl groups is 1. The van der Waals surface area contributed by atoms with Crippen LogP contribution in [-0.4, -0.2) is 31.6 Å². The normalized spacial score (nSPS) is 17.7. The smallest absolute Gasteiger partial charge is 0.405 e. The third-order valence-corrected chi connectivity index (χ3v) is 7.91. The van der Waals surface area contributed by atoms with Crippen LogP contribution in [0.5, 0.6) is 0 Å². The van der Waals surface area contributed by atoms with Crippen LogP contribution in [0.1, 0.15) is 52.8 Å². The maximum atomic E-state index is 14.8. The van der Waals surface area contributed by atoms with E-state index in [0.717, 1.165) is 0 Å². The quantitative estimate of drug-likeness (QED) is 0.180. The van der Waals surface area contributed by atoms with E-state index in [1.165, 1.54) is 47.0 Å². The van der Waals surface area contributed by atoms with Gasteiger partial charge in [-0.2, -0.15) is 0 Å². The van der Waals surface area contributed by atoms with Gasteiger partial charge < -0.3 is 24.9 Å². The topological polar surface area (TPSA) is 177 Å². The number of cyclic esters (lactones) is 1. The fourth-order valence-electron chi connectivity index (χ4n) is 5.72. The number of fused-ring (bicyclic) bond motifs is 5. The predicted octanol–water partition coefficient (Wildman–Crippen LogP) is 3.62. The molecule has 12 nitrogen and oxygen atoms in total. The van der Waals surface area contributed by atoms with Crippen molar-refractivity contribution >= 4 is 28.7 Å². The Labute approximate surface area is 236 Å². The number of pyridine rings is 2. The molecule has 0 radical (unpaired) electrons. The van der Waals surface area contributed by atoms with Gasteiger partial charge in [0, 0.05) is 40.3 Å². The van der Waals surface area contributed by atoms with Crippen LogP contribution < -0.4 is 11.3 Å². The van der Waals surface area contributed by atoms with Gasteiger partial charge in [-0.1, -0.05) is 6.92 Å². The second kappa shape index (κ2) is 9.45. The van der Waals surface area contributed by atoms with Gasteiger partial charge in [-0.3, -0.25) is 14.9 Å². The Bertz CT molecular complexity index is 1920. The summed E-state index contributed by atoms with van der Waals surface area (Å²) in [7, 11) is 0. The number of amides is 1. The molecule has 2 aliphatic heterocycles. The fraction of sp³-hybridized carbons (Fsp3) is 0.241. The minimum atomic E-state index is -2.05. The number of esters is 1. The Morgan fingerprint density at radius 1 is 1.26 bits per heavy atom. The van der Waals surface area contributed by atoms with Gasteiger partial charge in [0.1, 0.15) is 12.4 Å². The maximum Gasteiger partial charge on any atom is 0.405 e. The highest BCUT2D eigenvalue weighted by atomic mass is 19.1. The number of benzene rings is 2. The highest BCUT2D eigenvalue weighted by Crippen LogP contribution is 2.44. The molecule has 13 heteroatoms. The van der Waals surface area contributed by atoms with Gasteiger partial charge in [0.15, 0.2) is 11.7 Å². The number of carbonyl (C=O) groups excluding carboxylic acids is 2. The Kier molecular flexibility index (Phi) is 6.08. The van der Waals surface area contributed by atoms with Crippen LogP contribution in [0.2, 0.25) is 0 Å². The molecule has 6 rings (SSSR count). The van der Waals surface area contributed by atoms with E-state index in [9.17, 15) is 34.0 Å². The molecule has 0 saturated carbocycles. The summed E-state index contributed by atoms with van der Waals surface area (Å²) in [6.07, 6.45) is -2.41. The minimum absolute atomic E-state index is 0.0461. The van der Waals surface area contributed by atoms with Crippen LogP contribution in [0.4, 0.5) is 14.9 Å². The SMILES string of the molecule is CCC1(O)C(=O)OCc2c1cc1n(c2=O)Cc2c-1nc1cc(F)c(C)cc1c2[C@@H](OC(N)=O)c1ccc([N+](=O)[O-])cc1. The highest BCUT2D eigenvalue weighted by molar-refractivity contribution is 5.90. The molecule has 3 N–H and O–H groups in total. The molecule has 0 aliphatic carbocycles. The molecule has 0 saturated heterocycles. The van der Waals surface area contributed by atoms with Crippen molar-refractivity contribution in [3.05, 3.63) is 102 Å². The Morgan fingerprint density at radius 3 is 2.62 bits per heavy atom. The van der Waals surface area contributed by atoms with Crippen LogP contribution in [0.15, 0.2) is 47.3 Å². The van der Waals surface area contributed by atoms with Crippen molar-refractivity contribution in [2.45, 2.75) is 45.1 Å². The predicted molar refractivity (Wildman–Crippen MR) is 145 cm³/mol. The molecule has 4 heterocycles. The van der Waals surface area contributed by atoms with E-state index in [0.29, 0.717) is 22.1 Å². The lowest BCUT2D eigenvalue weighted by molar-refractivity contribution is -0.384. The van der Waals surface area contributed by atoms with Crippen LogP contribution in [0.3, 0.4) is 0 Å². The molecule has 0 fully saturated rings. The third kappa shape index (κ3) is 3.92. The monoisotopic (exact) mass is 574 g/mol. The second-order valence-electron chi connectivity index (χ2n) is 10.2. The molecular weight excluding hydrogens is 551 g/mol. The number of ether oxygens (including phenoxy) is 2. The molecule has 2 aromatic carbocycles. The van der Waals surface area contributed by atoms with E-state index in [1.807, 2.05) is 0 Å². The van der Waals surface area contributed by atoms with Crippen molar-refractivity contribution in [2.24, 2.45) is 5.73 Å². The number of nitro benzene ring substituents is 1. The first-order valence-corrected chi connectivity index (χ1v) is 12.9. The summed E-state index contributed by atoms with van der Waals surface area (Å²) in [5.74, 6) is -1.43. The highest BCUT2D eigenvalue weighted by Gasteiger charge is 2.45. The van der Waals surface area contributed by atoms with E-state index < -0.39 is 40.1 Å². The average Bonchev–Trinajstić information content (AvgIpc) is 3.32. The lowest BCUT2D eigenvalue weighted by atomic mass is 9.86. The number of aryl methyl sites for hydroxylation is 1. The number of primary amides is 1. The minimum Gasteiger partial charge on any atom is -0.458 e. The largest absolute Gasteiger partial charge is 0.458 e. The van der Waals surface area contributed by atoms with Gasteiger partial charge in [0.2, 0.25) is 0 Å². The van der Waals surface area contributed by atoms with E-state index >= 15 is 0 Å². The molecule has 214 valence electrons. The lowest BCUT2D eigenvalue weighted by Gasteiger charge is -2.31. The number of non-ortho nitro benzene ring substituents is 1. The summed E-state index contributed by atoms with van der Waals surface area (Å²) in [5.41, 5.74) is 5.02. The summed E-state index contributed by atoms with van der Waals surface area (Å²) in [6.45, 7) is 2.77. The van der Waals surface area contributed by atoms with Crippen LogP contribution in [0, 0.1) is 22.9 Å². The van der Waals surface area contributed by atoms with Crippen LogP contribution in [0.25, 0.3) is 22.3 Å². The number of carbonyl (C=O) groups is 2. The molecular formula is C29H23FN4O8. The molecule has 2 aliphatic rings. The summed E-state index contributed by atoms with van der Waals surface area (Å²) in [5, 5.41) is 22.9. The van der Waals surface area contributed by atoms with Crippen molar-refractivity contribution < 1.29 is 33.5 Å². The fourth-order valence-corrected chi connectivity index (χ4v) is 5.72. The zero-order valence-electron chi connectivity index (χ0n) is 22.3. The zero-order valence-corrected chi connectivity index (χ0v) is 22.3. The number of hydrogen-bond acceptors (Lipinski definition) is 9. The number of hydrogen-bond donors (Lipinski definition) is 2. The van der Waals surface area contributed by atoms with E-state index in [-0.39, 0.29) is 58.9 Å². The number of nitrogens with zero attached hydrogens (tertiary/aromatic N) is 3. The van der Waals surface area contributed by atoms with E-state index in [1.54, 1.807) is 13.8 Å². The molecule has 1 unspecified atom stereocenters. The molecule has 1 amide bonds. The first kappa shape index (κ1) is 27.0. The van der Waals surface area contributed by atoms with Gasteiger partial charge in [0.05, 0.1) is 33.9 Å². The summed E-state index contributed by atoms with van der Waals surface area (Å²) < 4.78 is 26.9. The van der Waals surface area contributed by atoms with Crippen molar-refractivity contribution in [3.63, 3.8) is 0 Å². The number of aromatic nitrogens is 2. The lowest BCUT2D eigenvalue weighted by Crippen LogP contribution is -2.44. The average molecular weight is 575 g/mol. The van der Waals surface area contributed by atoms with Crippen LogP contribution in [-0.2, 0) is 33.0 Å².